The lowest BCUT2D eigenvalue weighted by atomic mass is 10.3. The molecule has 0 unspecified atom stereocenters. The summed E-state index contributed by atoms with van der Waals surface area (Å²) in [4.78, 5) is 19.7. The molecular weight excluding hydrogens is 354 g/mol. The maximum absolute atomic E-state index is 11.8. The van der Waals surface area contributed by atoms with Crippen LogP contribution in [0.15, 0.2) is 40.1 Å². The smallest absolute Gasteiger partial charge is 0.234 e. The van der Waals surface area contributed by atoms with Crippen molar-refractivity contribution < 1.29 is 4.79 Å². The second-order valence-electron chi connectivity index (χ2n) is 3.91. The molecule has 6 nitrogen and oxygen atoms in total. The first-order valence-electron chi connectivity index (χ1n) is 5.79. The van der Waals surface area contributed by atoms with Crippen LogP contribution in [0.2, 0.25) is 0 Å². The van der Waals surface area contributed by atoms with Gasteiger partial charge in [-0.05, 0) is 24.3 Å². The van der Waals surface area contributed by atoms with Gasteiger partial charge >= 0.3 is 0 Å². The number of nitriles is 1. The van der Waals surface area contributed by atoms with Gasteiger partial charge in [-0.25, -0.2) is 9.97 Å². The van der Waals surface area contributed by atoms with Crippen molar-refractivity contribution in [2.24, 2.45) is 0 Å². The van der Waals surface area contributed by atoms with Gasteiger partial charge in [-0.1, -0.05) is 27.7 Å². The molecule has 8 heteroatoms. The first-order chi connectivity index (χ1) is 10.1. The number of nitrogens with one attached hydrogen (secondary N) is 1. The van der Waals surface area contributed by atoms with Gasteiger partial charge in [0.25, 0.3) is 0 Å². The summed E-state index contributed by atoms with van der Waals surface area (Å²) >= 11 is 4.47. The topological polar surface area (TPSA) is 105 Å². The molecule has 0 aliphatic carbocycles. The average Bonchev–Trinajstić information content (AvgIpc) is 2.48. The molecule has 1 amide bonds. The molecule has 0 spiro atoms. The molecule has 0 saturated carbocycles. The van der Waals surface area contributed by atoms with E-state index in [4.69, 9.17) is 11.0 Å². The van der Waals surface area contributed by atoms with Crippen molar-refractivity contribution in [1.82, 2.24) is 9.97 Å². The van der Waals surface area contributed by atoms with E-state index in [1.807, 2.05) is 18.2 Å². The normalized spacial score (nSPS) is 9.90. The standard InChI is InChI=1S/C13H10BrN5OS/c14-9-1-3-10(4-2-9)18-11(20)7-21-13-17-6-8(5-15)12(16)19-13/h1-4,6H,7H2,(H,18,20)(H2,16,17,19). The van der Waals surface area contributed by atoms with Gasteiger partial charge in [0.15, 0.2) is 5.16 Å². The third-order valence-corrected chi connectivity index (χ3v) is 3.77. The van der Waals surface area contributed by atoms with E-state index < -0.39 is 0 Å². The SMILES string of the molecule is N#Cc1cnc(SCC(=O)Nc2ccc(Br)cc2)nc1N. The highest BCUT2D eigenvalue weighted by atomic mass is 79.9. The van der Waals surface area contributed by atoms with E-state index in [1.165, 1.54) is 6.20 Å². The van der Waals surface area contributed by atoms with Crippen LogP contribution < -0.4 is 11.1 Å². The molecule has 0 aliphatic heterocycles. The number of nitrogens with two attached hydrogens (primary N) is 1. The third kappa shape index (κ3) is 4.44. The van der Waals surface area contributed by atoms with E-state index in [-0.39, 0.29) is 23.0 Å². The molecule has 1 aromatic carbocycles. The van der Waals surface area contributed by atoms with Crippen molar-refractivity contribution in [3.8, 4) is 6.07 Å². The lowest BCUT2D eigenvalue weighted by Crippen LogP contribution is -2.14. The van der Waals surface area contributed by atoms with Crippen LogP contribution in [-0.4, -0.2) is 21.6 Å². The summed E-state index contributed by atoms with van der Waals surface area (Å²) < 4.78 is 0.941. The predicted molar refractivity (Wildman–Crippen MR) is 84.7 cm³/mol. The zero-order valence-electron chi connectivity index (χ0n) is 10.7. The van der Waals surface area contributed by atoms with E-state index in [0.29, 0.717) is 10.8 Å². The number of halogens is 1. The van der Waals surface area contributed by atoms with Crippen molar-refractivity contribution in [2.75, 3.05) is 16.8 Å². The van der Waals surface area contributed by atoms with Crippen LogP contribution in [-0.2, 0) is 4.79 Å². The lowest BCUT2D eigenvalue weighted by Gasteiger charge is -2.05. The minimum Gasteiger partial charge on any atom is -0.382 e. The van der Waals surface area contributed by atoms with Crippen LogP contribution in [0.25, 0.3) is 0 Å². The molecule has 1 aromatic heterocycles. The summed E-state index contributed by atoms with van der Waals surface area (Å²) in [6.07, 6.45) is 1.34. The van der Waals surface area contributed by atoms with Gasteiger partial charge in [0.05, 0.1) is 11.9 Å². The Morgan fingerprint density at radius 3 is 2.76 bits per heavy atom. The summed E-state index contributed by atoms with van der Waals surface area (Å²) in [5, 5.41) is 11.8. The highest BCUT2D eigenvalue weighted by Gasteiger charge is 2.08. The largest absolute Gasteiger partial charge is 0.382 e. The van der Waals surface area contributed by atoms with Gasteiger partial charge < -0.3 is 11.1 Å². The lowest BCUT2D eigenvalue weighted by molar-refractivity contribution is -0.113. The average molecular weight is 364 g/mol. The molecule has 0 atom stereocenters. The molecule has 3 N–H and O–H groups in total. The van der Waals surface area contributed by atoms with Crippen molar-refractivity contribution in [3.05, 3.63) is 40.5 Å². The Bertz CT molecular complexity index is 699. The van der Waals surface area contributed by atoms with Crippen molar-refractivity contribution >= 4 is 45.1 Å². The van der Waals surface area contributed by atoms with Crippen LogP contribution in [0.4, 0.5) is 11.5 Å². The minimum absolute atomic E-state index is 0.114. The molecule has 0 radical (unpaired) electrons. The van der Waals surface area contributed by atoms with Gasteiger partial charge in [0.1, 0.15) is 17.5 Å². The minimum atomic E-state index is -0.172. The molecule has 0 saturated heterocycles. The number of thioether (sulfide) groups is 1. The van der Waals surface area contributed by atoms with E-state index in [2.05, 4.69) is 31.2 Å². The molecule has 0 fully saturated rings. The number of carbonyl (C=O) groups is 1. The molecule has 2 rings (SSSR count). The molecule has 0 bridgehead atoms. The number of benzene rings is 1. The molecule has 2 aromatic rings. The van der Waals surface area contributed by atoms with Crippen molar-refractivity contribution in [1.29, 1.82) is 5.26 Å². The number of anilines is 2. The Morgan fingerprint density at radius 1 is 1.43 bits per heavy atom. The maximum atomic E-state index is 11.8. The number of nitrogen functional groups attached to an aromatic ring is 1. The summed E-state index contributed by atoms with van der Waals surface area (Å²) in [5.41, 5.74) is 6.52. The fourth-order valence-electron chi connectivity index (χ4n) is 1.39. The quantitative estimate of drug-likeness (QED) is 0.638. The maximum Gasteiger partial charge on any atom is 0.234 e. The monoisotopic (exact) mass is 363 g/mol. The number of amides is 1. The second kappa shape index (κ2) is 7.06. The zero-order chi connectivity index (χ0) is 15.2. The van der Waals surface area contributed by atoms with Crippen LogP contribution in [0.1, 0.15) is 5.56 Å². The Morgan fingerprint density at radius 2 is 2.14 bits per heavy atom. The Labute approximate surface area is 133 Å². The number of rotatable bonds is 4. The number of nitrogens with zero attached hydrogens (tertiary/aromatic N) is 3. The van der Waals surface area contributed by atoms with Gasteiger partial charge in [0.2, 0.25) is 5.91 Å². The molecular formula is C13H10BrN5OS. The second-order valence-corrected chi connectivity index (χ2v) is 5.77. The van der Waals surface area contributed by atoms with E-state index in [0.717, 1.165) is 16.2 Å². The van der Waals surface area contributed by atoms with Gasteiger partial charge in [-0.3, -0.25) is 4.79 Å². The highest BCUT2D eigenvalue weighted by Crippen LogP contribution is 2.17. The molecule has 1 heterocycles. The fourth-order valence-corrected chi connectivity index (χ4v) is 2.28. The van der Waals surface area contributed by atoms with Crippen molar-refractivity contribution in [2.45, 2.75) is 5.16 Å². The van der Waals surface area contributed by atoms with E-state index in [1.54, 1.807) is 12.1 Å². The van der Waals surface area contributed by atoms with Gasteiger partial charge in [0, 0.05) is 10.2 Å². The van der Waals surface area contributed by atoms with Crippen molar-refractivity contribution in [3.63, 3.8) is 0 Å². The fraction of sp³-hybridized carbons (Fsp3) is 0.0769. The Kier molecular flexibility index (Phi) is 5.14. The van der Waals surface area contributed by atoms with E-state index in [9.17, 15) is 4.79 Å². The predicted octanol–water partition coefficient (Wildman–Crippen LogP) is 2.42. The third-order valence-electron chi connectivity index (χ3n) is 2.38. The number of hydrogen-bond acceptors (Lipinski definition) is 6. The van der Waals surface area contributed by atoms with Crippen LogP contribution in [0, 0.1) is 11.3 Å². The summed E-state index contributed by atoms with van der Waals surface area (Å²) in [7, 11) is 0. The Hall–Kier alpha value is -2.11. The number of carbonyl (C=O) groups excluding carboxylic acids is 1. The van der Waals surface area contributed by atoms with E-state index >= 15 is 0 Å². The number of hydrogen-bond donors (Lipinski definition) is 2. The summed E-state index contributed by atoms with van der Waals surface area (Å²) in [6.45, 7) is 0. The first kappa shape index (κ1) is 15.3. The van der Waals surface area contributed by atoms with Gasteiger partial charge in [-0.2, -0.15) is 5.26 Å². The first-order valence-corrected chi connectivity index (χ1v) is 7.57. The molecule has 106 valence electrons. The highest BCUT2D eigenvalue weighted by molar-refractivity contribution is 9.10. The summed E-state index contributed by atoms with van der Waals surface area (Å²) in [5.74, 6) is 0.0960. The molecule has 0 aliphatic rings. The summed E-state index contributed by atoms with van der Waals surface area (Å²) in [6, 6.07) is 9.15. The zero-order valence-corrected chi connectivity index (χ0v) is 13.1. The molecule has 21 heavy (non-hydrogen) atoms. The Balaban J connectivity index is 1.91. The number of aromatic nitrogens is 2. The van der Waals surface area contributed by atoms with Crippen LogP contribution in [0.3, 0.4) is 0 Å². The van der Waals surface area contributed by atoms with Crippen LogP contribution >= 0.6 is 27.7 Å². The van der Waals surface area contributed by atoms with Crippen LogP contribution in [0.5, 0.6) is 0 Å². The van der Waals surface area contributed by atoms with Gasteiger partial charge in [-0.15, -0.1) is 0 Å².